The Bertz CT molecular complexity index is 231. The van der Waals surface area contributed by atoms with Crippen LogP contribution in [0.2, 0.25) is 0 Å². The van der Waals surface area contributed by atoms with Gasteiger partial charge in [0.2, 0.25) is 11.6 Å². The minimum absolute atomic E-state index is 0.535. The van der Waals surface area contributed by atoms with Gasteiger partial charge in [-0.1, -0.05) is 0 Å². The minimum atomic E-state index is -1.46. The summed E-state index contributed by atoms with van der Waals surface area (Å²) in [5.74, 6) is -2.91. The first kappa shape index (κ1) is 7.13. The second-order valence-corrected chi connectivity index (χ2v) is 2.77. The molecule has 0 aromatic rings. The molecule has 12 heavy (non-hydrogen) atoms. The van der Waals surface area contributed by atoms with Crippen molar-refractivity contribution in [3.05, 3.63) is 0 Å². The Morgan fingerprint density at radius 2 is 1.08 bits per heavy atom. The van der Waals surface area contributed by atoms with Gasteiger partial charge in [0.1, 0.15) is 0 Å². The maximum Gasteiger partial charge on any atom is 0.320 e. The normalized spacial score (nSPS) is 44.2. The maximum atomic E-state index is 10.8. The third kappa shape index (κ3) is 0.624. The van der Waals surface area contributed by atoms with Crippen molar-refractivity contribution < 1.29 is 9.59 Å². The van der Waals surface area contributed by atoms with Gasteiger partial charge in [0.05, 0.1) is 0 Å². The van der Waals surface area contributed by atoms with Crippen molar-refractivity contribution in [2.24, 2.45) is 11.5 Å². The molecule has 0 bridgehead atoms. The van der Waals surface area contributed by atoms with Crippen LogP contribution in [-0.4, -0.2) is 23.6 Å². The Balaban J connectivity index is 2.38. The van der Waals surface area contributed by atoms with Gasteiger partial charge in [0.15, 0.2) is 0 Å². The zero-order chi connectivity index (χ0) is 8.98. The lowest BCUT2D eigenvalue weighted by molar-refractivity contribution is 0.220. The molecule has 0 spiro atoms. The first-order chi connectivity index (χ1) is 5.45. The molecule has 2 saturated heterocycles. The highest BCUT2D eigenvalue weighted by Gasteiger charge is 2.61. The fourth-order valence-corrected chi connectivity index (χ4v) is 1.24. The molecule has 8 heteroatoms. The van der Waals surface area contributed by atoms with Gasteiger partial charge >= 0.3 is 12.1 Å². The molecule has 2 heterocycles. The molecule has 0 atom stereocenters. The Morgan fingerprint density at radius 3 is 1.33 bits per heavy atom. The van der Waals surface area contributed by atoms with E-state index in [1.165, 1.54) is 0 Å². The Morgan fingerprint density at radius 1 is 0.833 bits per heavy atom. The zero-order valence-corrected chi connectivity index (χ0v) is 5.97. The molecular weight excluding hydrogens is 164 g/mol. The third-order valence-electron chi connectivity index (χ3n) is 1.86. The highest BCUT2D eigenvalue weighted by atomic mass is 16.2. The van der Waals surface area contributed by atoms with Gasteiger partial charge in [-0.3, -0.25) is 32.7 Å². The molecule has 0 radical (unpaired) electrons. The van der Waals surface area contributed by atoms with Crippen LogP contribution in [0.15, 0.2) is 0 Å². The van der Waals surface area contributed by atoms with Gasteiger partial charge in [-0.25, -0.2) is 9.59 Å². The van der Waals surface area contributed by atoms with Crippen LogP contribution in [0.3, 0.4) is 0 Å². The number of rotatable bonds is 0. The Kier molecular flexibility index (Phi) is 0.961. The van der Waals surface area contributed by atoms with Crippen molar-refractivity contribution in [1.82, 2.24) is 21.3 Å². The monoisotopic (exact) mass is 172 g/mol. The average Bonchev–Trinajstić information content (AvgIpc) is 2.09. The summed E-state index contributed by atoms with van der Waals surface area (Å²) in [6.07, 6.45) is 0. The molecule has 2 aliphatic rings. The molecule has 0 aromatic heterocycles. The van der Waals surface area contributed by atoms with E-state index in [0.717, 1.165) is 0 Å². The van der Waals surface area contributed by atoms with Crippen LogP contribution < -0.4 is 32.7 Å². The highest BCUT2D eigenvalue weighted by Crippen LogP contribution is 2.16. The first-order valence-electron chi connectivity index (χ1n) is 3.24. The summed E-state index contributed by atoms with van der Waals surface area (Å²) < 4.78 is 0. The van der Waals surface area contributed by atoms with E-state index in [-0.39, 0.29) is 0 Å². The molecule has 2 fully saturated rings. The van der Waals surface area contributed by atoms with Crippen LogP contribution in [0.4, 0.5) is 9.59 Å². The van der Waals surface area contributed by atoms with Gasteiger partial charge in [-0.2, -0.15) is 0 Å². The number of hydrogen-bond donors (Lipinski definition) is 6. The number of carbonyl (C=O) groups excluding carboxylic acids is 2. The standard InChI is InChI=1S/C4H8N6O2/c5-3-4(6,8-1(11)7-3)10-2(12)9-3/h5-6H2,(H2,7,8,11)(H2,9,10,12). The molecule has 66 valence electrons. The smallest absolute Gasteiger partial charge is 0.298 e. The third-order valence-corrected chi connectivity index (χ3v) is 1.86. The van der Waals surface area contributed by atoms with Crippen LogP contribution in [0, 0.1) is 0 Å². The topological polar surface area (TPSA) is 134 Å². The largest absolute Gasteiger partial charge is 0.320 e. The van der Waals surface area contributed by atoms with Crippen LogP contribution in [0.1, 0.15) is 0 Å². The van der Waals surface area contributed by atoms with Crippen molar-refractivity contribution in [3.8, 4) is 0 Å². The van der Waals surface area contributed by atoms with E-state index in [2.05, 4.69) is 21.3 Å². The summed E-state index contributed by atoms with van der Waals surface area (Å²) in [5.41, 5.74) is 11.1. The zero-order valence-electron chi connectivity index (χ0n) is 5.97. The fraction of sp³-hybridized carbons (Fsp3) is 0.500. The van der Waals surface area contributed by atoms with E-state index in [1.807, 2.05) is 0 Å². The molecule has 0 aliphatic carbocycles. The summed E-state index contributed by atoms with van der Waals surface area (Å²) in [6, 6.07) is -1.07. The van der Waals surface area contributed by atoms with Gasteiger partial charge in [0, 0.05) is 0 Å². The molecule has 0 unspecified atom stereocenters. The number of hydrogen-bond acceptors (Lipinski definition) is 4. The van der Waals surface area contributed by atoms with E-state index < -0.39 is 23.6 Å². The Hall–Kier alpha value is -1.54. The van der Waals surface area contributed by atoms with Gasteiger partial charge < -0.3 is 0 Å². The second-order valence-electron chi connectivity index (χ2n) is 2.77. The van der Waals surface area contributed by atoms with Crippen molar-refractivity contribution >= 4 is 12.1 Å². The molecular formula is C4H8N6O2. The van der Waals surface area contributed by atoms with Crippen molar-refractivity contribution in [2.45, 2.75) is 11.6 Å². The predicted octanol–water partition coefficient (Wildman–Crippen LogP) is -3.16. The van der Waals surface area contributed by atoms with Crippen molar-refractivity contribution in [1.29, 1.82) is 0 Å². The number of carbonyl (C=O) groups is 2. The maximum absolute atomic E-state index is 10.8. The average molecular weight is 172 g/mol. The van der Waals surface area contributed by atoms with Crippen molar-refractivity contribution in [2.75, 3.05) is 0 Å². The number of urea groups is 2. The van der Waals surface area contributed by atoms with E-state index >= 15 is 0 Å². The van der Waals surface area contributed by atoms with Gasteiger partial charge in [-0.05, 0) is 0 Å². The van der Waals surface area contributed by atoms with E-state index in [0.29, 0.717) is 0 Å². The van der Waals surface area contributed by atoms with Crippen LogP contribution in [-0.2, 0) is 0 Å². The van der Waals surface area contributed by atoms with Gasteiger partial charge in [0.25, 0.3) is 0 Å². The first-order valence-corrected chi connectivity index (χ1v) is 3.24. The summed E-state index contributed by atoms with van der Waals surface area (Å²) in [7, 11) is 0. The number of nitrogens with one attached hydrogen (secondary N) is 4. The lowest BCUT2D eigenvalue weighted by Crippen LogP contribution is -2.76. The van der Waals surface area contributed by atoms with E-state index in [4.69, 9.17) is 11.5 Å². The van der Waals surface area contributed by atoms with E-state index in [1.54, 1.807) is 0 Å². The van der Waals surface area contributed by atoms with Crippen molar-refractivity contribution in [3.63, 3.8) is 0 Å². The number of nitrogens with two attached hydrogens (primary N) is 2. The molecule has 2 rings (SSSR count). The quantitative estimate of drug-likeness (QED) is 0.230. The summed E-state index contributed by atoms with van der Waals surface area (Å²) >= 11 is 0. The Labute approximate surface area is 67.0 Å². The summed E-state index contributed by atoms with van der Waals surface area (Å²) in [5, 5.41) is 9.09. The number of fused-ring (bicyclic) bond motifs is 1. The molecule has 0 aromatic carbocycles. The van der Waals surface area contributed by atoms with Crippen LogP contribution >= 0.6 is 0 Å². The molecule has 0 saturated carbocycles. The molecule has 4 amide bonds. The highest BCUT2D eigenvalue weighted by molar-refractivity contribution is 5.87. The second kappa shape index (κ2) is 1.62. The van der Waals surface area contributed by atoms with Crippen LogP contribution in [0.25, 0.3) is 0 Å². The van der Waals surface area contributed by atoms with E-state index in [9.17, 15) is 9.59 Å². The summed E-state index contributed by atoms with van der Waals surface area (Å²) in [6.45, 7) is 0. The molecule has 8 nitrogen and oxygen atoms in total. The number of amides is 4. The lowest BCUT2D eigenvalue weighted by atomic mass is 10.2. The minimum Gasteiger partial charge on any atom is -0.298 e. The summed E-state index contributed by atoms with van der Waals surface area (Å²) in [4.78, 5) is 21.6. The molecule has 8 N–H and O–H groups in total. The molecule has 2 aliphatic heterocycles. The van der Waals surface area contributed by atoms with Crippen LogP contribution in [0.5, 0.6) is 0 Å². The van der Waals surface area contributed by atoms with Gasteiger partial charge in [-0.15, -0.1) is 0 Å². The lowest BCUT2D eigenvalue weighted by Gasteiger charge is -2.28. The fourth-order valence-electron chi connectivity index (χ4n) is 1.24. The predicted molar refractivity (Wildman–Crippen MR) is 37.2 cm³/mol. The SMILES string of the molecule is NC12NC(=O)NC1(N)NC(=O)N2.